The van der Waals surface area contributed by atoms with E-state index in [0.717, 1.165) is 29.6 Å². The van der Waals surface area contributed by atoms with E-state index in [1.165, 1.54) is 19.3 Å². The van der Waals surface area contributed by atoms with Gasteiger partial charge in [-0.3, -0.25) is 0 Å². The van der Waals surface area contributed by atoms with Crippen molar-refractivity contribution in [3.05, 3.63) is 0 Å². The molecule has 0 aliphatic heterocycles. The van der Waals surface area contributed by atoms with Crippen molar-refractivity contribution in [3.8, 4) is 0 Å². The first kappa shape index (κ1) is 11.1. The fourth-order valence-electron chi connectivity index (χ4n) is 5.18. The second-order valence-electron chi connectivity index (χ2n) is 7.00. The molecule has 4 rings (SSSR count). The highest BCUT2D eigenvalue weighted by molar-refractivity contribution is 4.97. The van der Waals surface area contributed by atoms with Crippen LogP contribution in [0.2, 0.25) is 0 Å². The third-order valence-electron chi connectivity index (χ3n) is 5.62. The Bertz CT molecular complexity index is 218. The quantitative estimate of drug-likeness (QED) is 0.771. The van der Waals surface area contributed by atoms with Gasteiger partial charge in [0, 0.05) is 6.04 Å². The molecule has 0 aromatic heterocycles. The van der Waals surface area contributed by atoms with Crippen molar-refractivity contribution in [2.75, 3.05) is 0 Å². The van der Waals surface area contributed by atoms with Crippen LogP contribution in [0.5, 0.6) is 0 Å². The molecule has 1 atom stereocenters. The lowest BCUT2D eigenvalue weighted by Gasteiger charge is -2.54. The van der Waals surface area contributed by atoms with E-state index in [2.05, 4.69) is 6.92 Å². The first-order valence-corrected chi connectivity index (χ1v) is 7.48. The highest BCUT2D eigenvalue weighted by Gasteiger charge is 2.47. The van der Waals surface area contributed by atoms with Crippen LogP contribution >= 0.6 is 0 Å². The summed E-state index contributed by atoms with van der Waals surface area (Å²) < 4.78 is 0. The van der Waals surface area contributed by atoms with Crippen LogP contribution in [0.3, 0.4) is 0 Å². The van der Waals surface area contributed by atoms with Crippen LogP contribution in [0.1, 0.15) is 58.3 Å². The van der Waals surface area contributed by atoms with Gasteiger partial charge in [-0.15, -0.1) is 0 Å². The molecule has 0 radical (unpaired) electrons. The van der Waals surface area contributed by atoms with Crippen LogP contribution in [0, 0.1) is 29.6 Å². The first-order valence-electron chi connectivity index (χ1n) is 7.48. The maximum Gasteiger partial charge on any atom is 0.00104 e. The summed E-state index contributed by atoms with van der Waals surface area (Å²) in [5.74, 6) is 5.58. The molecule has 4 fully saturated rings. The molecule has 4 bridgehead atoms. The van der Waals surface area contributed by atoms with E-state index >= 15 is 0 Å². The molecular formula is C15H27N. The molecule has 1 nitrogen and oxygen atoms in total. The van der Waals surface area contributed by atoms with Gasteiger partial charge in [-0.25, -0.2) is 0 Å². The highest BCUT2D eigenvalue weighted by atomic mass is 14.6. The summed E-state index contributed by atoms with van der Waals surface area (Å²) in [5, 5.41) is 0. The van der Waals surface area contributed by atoms with E-state index in [0.29, 0.717) is 6.04 Å². The molecule has 0 amide bonds. The standard InChI is InChI=1S/C15H27N/c1-10(16)3-2-4-15-13-6-11-5-12(8-13)9-14(15)7-11/h10-15H,2-9,16H2,1H3. The minimum absolute atomic E-state index is 0.414. The number of hydrogen-bond acceptors (Lipinski definition) is 1. The minimum Gasteiger partial charge on any atom is -0.328 e. The van der Waals surface area contributed by atoms with Crippen LogP contribution in [-0.4, -0.2) is 6.04 Å². The average molecular weight is 221 g/mol. The molecule has 16 heavy (non-hydrogen) atoms. The van der Waals surface area contributed by atoms with Crippen molar-refractivity contribution in [1.82, 2.24) is 0 Å². The van der Waals surface area contributed by atoms with Crippen LogP contribution in [-0.2, 0) is 0 Å². The number of hydrogen-bond donors (Lipinski definition) is 1. The maximum absolute atomic E-state index is 5.85. The van der Waals surface area contributed by atoms with Crippen LogP contribution < -0.4 is 5.73 Å². The van der Waals surface area contributed by atoms with Crippen LogP contribution in [0.15, 0.2) is 0 Å². The number of rotatable bonds is 4. The number of nitrogens with two attached hydrogens (primary N) is 1. The second-order valence-corrected chi connectivity index (χ2v) is 7.00. The van der Waals surface area contributed by atoms with Crippen molar-refractivity contribution in [3.63, 3.8) is 0 Å². The zero-order valence-electron chi connectivity index (χ0n) is 10.7. The van der Waals surface area contributed by atoms with Gasteiger partial charge in [0.2, 0.25) is 0 Å². The lowest BCUT2D eigenvalue weighted by Crippen LogP contribution is -2.45. The molecule has 1 heteroatoms. The van der Waals surface area contributed by atoms with Gasteiger partial charge in [0.1, 0.15) is 0 Å². The summed E-state index contributed by atoms with van der Waals surface area (Å²) in [4.78, 5) is 0. The summed E-state index contributed by atoms with van der Waals surface area (Å²) in [5.41, 5.74) is 5.85. The molecule has 0 heterocycles. The molecule has 1 unspecified atom stereocenters. The van der Waals surface area contributed by atoms with Crippen LogP contribution in [0.25, 0.3) is 0 Å². The zero-order chi connectivity index (χ0) is 11.1. The molecule has 92 valence electrons. The third-order valence-corrected chi connectivity index (χ3v) is 5.62. The van der Waals surface area contributed by atoms with Crippen molar-refractivity contribution in [1.29, 1.82) is 0 Å². The topological polar surface area (TPSA) is 26.0 Å². The molecule has 0 aromatic carbocycles. The highest BCUT2D eigenvalue weighted by Crippen LogP contribution is 2.57. The Hall–Kier alpha value is -0.0400. The van der Waals surface area contributed by atoms with E-state index < -0.39 is 0 Å². The summed E-state index contributed by atoms with van der Waals surface area (Å²) in [6, 6.07) is 0.414. The average Bonchev–Trinajstić information content (AvgIpc) is 2.20. The Morgan fingerprint density at radius 2 is 1.56 bits per heavy atom. The van der Waals surface area contributed by atoms with Crippen molar-refractivity contribution >= 4 is 0 Å². The van der Waals surface area contributed by atoms with Gasteiger partial charge in [0.15, 0.2) is 0 Å². The SMILES string of the molecule is CC(N)CCCC1C2CC3CC(C2)CC1C3. The molecule has 4 aliphatic rings. The predicted octanol–water partition coefficient (Wildman–Crippen LogP) is 3.58. The second kappa shape index (κ2) is 4.33. The van der Waals surface area contributed by atoms with Gasteiger partial charge in [-0.2, -0.15) is 0 Å². The fraction of sp³-hybridized carbons (Fsp3) is 1.00. The van der Waals surface area contributed by atoms with E-state index in [1.807, 2.05) is 0 Å². The summed E-state index contributed by atoms with van der Waals surface area (Å²) in [7, 11) is 0. The Balaban J connectivity index is 1.55. The Morgan fingerprint density at radius 3 is 2.06 bits per heavy atom. The molecule has 4 saturated carbocycles. The van der Waals surface area contributed by atoms with E-state index in [-0.39, 0.29) is 0 Å². The lowest BCUT2D eigenvalue weighted by atomic mass is 9.51. The van der Waals surface area contributed by atoms with Gasteiger partial charge in [-0.1, -0.05) is 6.42 Å². The molecule has 0 saturated heterocycles. The molecular weight excluding hydrogens is 194 g/mol. The fourth-order valence-corrected chi connectivity index (χ4v) is 5.18. The predicted molar refractivity (Wildman–Crippen MR) is 68.0 cm³/mol. The van der Waals surface area contributed by atoms with Gasteiger partial charge in [0.25, 0.3) is 0 Å². The Morgan fingerprint density at radius 1 is 1.00 bits per heavy atom. The monoisotopic (exact) mass is 221 g/mol. The molecule has 0 spiro atoms. The summed E-state index contributed by atoms with van der Waals surface area (Å²) in [6.07, 6.45) is 12.0. The molecule has 2 N–H and O–H groups in total. The van der Waals surface area contributed by atoms with E-state index in [4.69, 9.17) is 5.73 Å². The third kappa shape index (κ3) is 2.03. The Labute approximate surface area is 100 Å². The molecule has 4 aliphatic carbocycles. The van der Waals surface area contributed by atoms with Crippen molar-refractivity contribution in [2.24, 2.45) is 35.3 Å². The van der Waals surface area contributed by atoms with E-state index in [1.54, 1.807) is 32.1 Å². The maximum atomic E-state index is 5.85. The van der Waals surface area contributed by atoms with Crippen LogP contribution in [0.4, 0.5) is 0 Å². The summed E-state index contributed by atoms with van der Waals surface area (Å²) in [6.45, 7) is 2.15. The van der Waals surface area contributed by atoms with Crippen molar-refractivity contribution in [2.45, 2.75) is 64.3 Å². The van der Waals surface area contributed by atoms with Gasteiger partial charge in [0.05, 0.1) is 0 Å². The first-order chi connectivity index (χ1) is 7.72. The van der Waals surface area contributed by atoms with Crippen molar-refractivity contribution < 1.29 is 0 Å². The summed E-state index contributed by atoms with van der Waals surface area (Å²) >= 11 is 0. The molecule has 0 aromatic rings. The smallest absolute Gasteiger partial charge is 0.00104 e. The largest absolute Gasteiger partial charge is 0.328 e. The zero-order valence-corrected chi connectivity index (χ0v) is 10.7. The van der Waals surface area contributed by atoms with Gasteiger partial charge >= 0.3 is 0 Å². The lowest BCUT2D eigenvalue weighted by molar-refractivity contribution is -0.0405. The van der Waals surface area contributed by atoms with Gasteiger partial charge in [-0.05, 0) is 81.5 Å². The normalized spacial score (nSPS) is 47.2. The minimum atomic E-state index is 0.414. The Kier molecular flexibility index (Phi) is 2.99. The van der Waals surface area contributed by atoms with E-state index in [9.17, 15) is 0 Å². The van der Waals surface area contributed by atoms with Gasteiger partial charge < -0.3 is 5.73 Å².